The Labute approximate surface area is 166 Å². The highest BCUT2D eigenvalue weighted by atomic mass is 32.2. The van der Waals surface area contributed by atoms with Crippen LogP contribution < -0.4 is 10.0 Å². The number of likely N-dealkylation sites (tertiary alicyclic amines) is 1. The van der Waals surface area contributed by atoms with Crippen LogP contribution in [0.5, 0.6) is 0 Å². The van der Waals surface area contributed by atoms with Crippen LogP contribution in [0.2, 0.25) is 0 Å². The molecular formula is C19H30N4O4S. The highest BCUT2D eigenvalue weighted by molar-refractivity contribution is 7.89. The minimum absolute atomic E-state index is 0.102. The fraction of sp³-hybridized carbons (Fsp3) is 0.684. The van der Waals surface area contributed by atoms with E-state index in [1.54, 1.807) is 0 Å². The molecule has 0 atom stereocenters. The molecule has 0 aromatic heterocycles. The quantitative estimate of drug-likeness (QED) is 0.529. The van der Waals surface area contributed by atoms with Gasteiger partial charge in [0.2, 0.25) is 10.0 Å². The number of anilines is 1. The second-order valence-corrected chi connectivity index (χ2v) is 9.75. The van der Waals surface area contributed by atoms with Crippen molar-refractivity contribution in [1.82, 2.24) is 9.62 Å². The van der Waals surface area contributed by atoms with Crippen molar-refractivity contribution in [3.8, 4) is 0 Å². The van der Waals surface area contributed by atoms with E-state index in [2.05, 4.69) is 14.9 Å². The molecule has 0 bridgehead atoms. The Hall–Kier alpha value is -1.71. The van der Waals surface area contributed by atoms with Gasteiger partial charge in [-0.05, 0) is 50.8 Å². The molecule has 1 saturated carbocycles. The summed E-state index contributed by atoms with van der Waals surface area (Å²) >= 11 is 0. The van der Waals surface area contributed by atoms with Crippen molar-refractivity contribution in [3.05, 3.63) is 28.3 Å². The number of nitro groups is 1. The first kappa shape index (κ1) is 21.0. The zero-order valence-corrected chi connectivity index (χ0v) is 17.2. The zero-order valence-electron chi connectivity index (χ0n) is 16.4. The van der Waals surface area contributed by atoms with Gasteiger partial charge in [0.25, 0.3) is 5.69 Å². The lowest BCUT2D eigenvalue weighted by Crippen LogP contribution is -2.41. The highest BCUT2D eigenvalue weighted by Crippen LogP contribution is 2.30. The standard InChI is InChI=1S/C19H30N4O4S/c1-20-28(26,27)17-7-8-18(19(13-17)23(24)25)21-16-9-11-22(12-10-16)14-15-5-3-2-4-6-15/h7-8,13,15-16,20-21H,2-6,9-12,14H2,1H3. The van der Waals surface area contributed by atoms with Crippen molar-refractivity contribution in [2.75, 3.05) is 32.0 Å². The summed E-state index contributed by atoms with van der Waals surface area (Å²) in [5, 5.41) is 14.7. The monoisotopic (exact) mass is 410 g/mol. The number of rotatable bonds is 7. The molecule has 1 saturated heterocycles. The third-order valence-electron chi connectivity index (χ3n) is 5.93. The number of piperidine rings is 1. The van der Waals surface area contributed by atoms with Gasteiger partial charge in [0.05, 0.1) is 9.82 Å². The van der Waals surface area contributed by atoms with Gasteiger partial charge in [-0.25, -0.2) is 13.1 Å². The molecule has 3 rings (SSSR count). The molecule has 2 aliphatic rings. The summed E-state index contributed by atoms with van der Waals surface area (Å²) in [5.74, 6) is 0.820. The van der Waals surface area contributed by atoms with Crippen LogP contribution >= 0.6 is 0 Å². The van der Waals surface area contributed by atoms with Gasteiger partial charge in [-0.15, -0.1) is 0 Å². The Kier molecular flexibility index (Phi) is 6.90. The summed E-state index contributed by atoms with van der Waals surface area (Å²) in [5.41, 5.74) is 0.173. The third-order valence-corrected chi connectivity index (χ3v) is 7.35. The predicted molar refractivity (Wildman–Crippen MR) is 109 cm³/mol. The van der Waals surface area contributed by atoms with Crippen molar-refractivity contribution in [2.45, 2.75) is 55.9 Å². The van der Waals surface area contributed by atoms with E-state index in [-0.39, 0.29) is 16.6 Å². The summed E-state index contributed by atoms with van der Waals surface area (Å²) < 4.78 is 26.0. The van der Waals surface area contributed by atoms with Gasteiger partial charge in [0, 0.05) is 31.7 Å². The van der Waals surface area contributed by atoms with E-state index in [4.69, 9.17) is 0 Å². The van der Waals surface area contributed by atoms with Gasteiger partial charge in [0.1, 0.15) is 5.69 Å². The Bertz CT molecular complexity index is 785. The molecule has 1 aromatic carbocycles. The van der Waals surface area contributed by atoms with Gasteiger partial charge in [-0.1, -0.05) is 19.3 Å². The summed E-state index contributed by atoms with van der Waals surface area (Å²) in [6, 6.07) is 4.18. The second kappa shape index (κ2) is 9.19. The van der Waals surface area contributed by atoms with Crippen LogP contribution in [0.15, 0.2) is 23.1 Å². The average Bonchev–Trinajstić information content (AvgIpc) is 2.70. The molecule has 9 heteroatoms. The molecule has 156 valence electrons. The number of hydrogen-bond acceptors (Lipinski definition) is 6. The van der Waals surface area contributed by atoms with E-state index in [9.17, 15) is 18.5 Å². The predicted octanol–water partition coefficient (Wildman–Crippen LogP) is 2.96. The molecule has 0 spiro atoms. The molecular weight excluding hydrogens is 380 g/mol. The maximum atomic E-state index is 11.9. The number of nitrogens with zero attached hydrogens (tertiary/aromatic N) is 2. The summed E-state index contributed by atoms with van der Waals surface area (Å²) in [4.78, 5) is 13.3. The fourth-order valence-corrected chi connectivity index (χ4v) is 5.03. The van der Waals surface area contributed by atoms with E-state index in [0.29, 0.717) is 5.69 Å². The first-order valence-corrected chi connectivity index (χ1v) is 11.6. The molecule has 1 aliphatic carbocycles. The number of nitro benzene ring substituents is 1. The minimum atomic E-state index is -3.71. The smallest absolute Gasteiger partial charge is 0.293 e. The van der Waals surface area contributed by atoms with Crippen molar-refractivity contribution >= 4 is 21.4 Å². The molecule has 1 aliphatic heterocycles. The topological polar surface area (TPSA) is 105 Å². The maximum absolute atomic E-state index is 11.9. The summed E-state index contributed by atoms with van der Waals surface area (Å²) in [6.07, 6.45) is 8.62. The summed E-state index contributed by atoms with van der Waals surface area (Å²) in [7, 11) is -2.43. The molecule has 1 heterocycles. The number of nitrogens with one attached hydrogen (secondary N) is 2. The van der Waals surface area contributed by atoms with Crippen LogP contribution in [0, 0.1) is 16.0 Å². The normalized spacial score (nSPS) is 20.2. The van der Waals surface area contributed by atoms with Crippen LogP contribution in [0.4, 0.5) is 11.4 Å². The van der Waals surface area contributed by atoms with E-state index < -0.39 is 14.9 Å². The van der Waals surface area contributed by atoms with Crippen molar-refractivity contribution in [1.29, 1.82) is 0 Å². The second-order valence-electron chi connectivity index (χ2n) is 7.87. The van der Waals surface area contributed by atoms with Crippen LogP contribution in [-0.4, -0.2) is 51.0 Å². The molecule has 0 unspecified atom stereocenters. The molecule has 8 nitrogen and oxygen atoms in total. The van der Waals surface area contributed by atoms with E-state index in [0.717, 1.165) is 37.9 Å². The molecule has 0 radical (unpaired) electrons. The fourth-order valence-electron chi connectivity index (χ4n) is 4.28. The Balaban J connectivity index is 1.60. The van der Waals surface area contributed by atoms with E-state index in [1.165, 1.54) is 57.8 Å². The minimum Gasteiger partial charge on any atom is -0.377 e. The van der Waals surface area contributed by atoms with Gasteiger partial charge in [-0.3, -0.25) is 10.1 Å². The van der Waals surface area contributed by atoms with Crippen molar-refractivity contribution < 1.29 is 13.3 Å². The third kappa shape index (κ3) is 5.21. The van der Waals surface area contributed by atoms with Gasteiger partial charge in [0.15, 0.2) is 0 Å². The largest absolute Gasteiger partial charge is 0.377 e. The Morgan fingerprint density at radius 2 is 1.82 bits per heavy atom. The maximum Gasteiger partial charge on any atom is 0.293 e. The SMILES string of the molecule is CNS(=O)(=O)c1ccc(NC2CCN(CC3CCCCC3)CC2)c([N+](=O)[O-])c1. The lowest BCUT2D eigenvalue weighted by atomic mass is 9.88. The molecule has 28 heavy (non-hydrogen) atoms. The highest BCUT2D eigenvalue weighted by Gasteiger charge is 2.26. The summed E-state index contributed by atoms with van der Waals surface area (Å²) in [6.45, 7) is 3.16. The van der Waals surface area contributed by atoms with Crippen LogP contribution in [-0.2, 0) is 10.0 Å². The lowest BCUT2D eigenvalue weighted by molar-refractivity contribution is -0.384. The van der Waals surface area contributed by atoms with E-state index in [1.807, 2.05) is 0 Å². The average molecular weight is 411 g/mol. The molecule has 0 amide bonds. The number of benzene rings is 1. The Morgan fingerprint density at radius 3 is 2.43 bits per heavy atom. The number of hydrogen-bond donors (Lipinski definition) is 2. The lowest BCUT2D eigenvalue weighted by Gasteiger charge is -2.35. The number of sulfonamides is 1. The zero-order chi connectivity index (χ0) is 20.1. The first-order valence-electron chi connectivity index (χ1n) is 10.1. The first-order chi connectivity index (χ1) is 13.4. The van der Waals surface area contributed by atoms with Crippen molar-refractivity contribution in [3.63, 3.8) is 0 Å². The van der Waals surface area contributed by atoms with Crippen LogP contribution in [0.3, 0.4) is 0 Å². The Morgan fingerprint density at radius 1 is 1.14 bits per heavy atom. The van der Waals surface area contributed by atoms with Gasteiger partial charge in [-0.2, -0.15) is 0 Å². The van der Waals surface area contributed by atoms with Crippen LogP contribution in [0.25, 0.3) is 0 Å². The van der Waals surface area contributed by atoms with Gasteiger partial charge >= 0.3 is 0 Å². The van der Waals surface area contributed by atoms with Gasteiger partial charge < -0.3 is 10.2 Å². The van der Waals surface area contributed by atoms with Crippen LogP contribution in [0.1, 0.15) is 44.9 Å². The molecule has 1 aromatic rings. The molecule has 2 N–H and O–H groups in total. The van der Waals surface area contributed by atoms with E-state index >= 15 is 0 Å². The molecule has 2 fully saturated rings. The van der Waals surface area contributed by atoms with Crippen molar-refractivity contribution in [2.24, 2.45) is 5.92 Å².